The van der Waals surface area contributed by atoms with E-state index in [-0.39, 0.29) is 17.1 Å². The highest BCUT2D eigenvalue weighted by atomic mass is 19.4. The van der Waals surface area contributed by atoms with Gasteiger partial charge < -0.3 is 11.1 Å². The van der Waals surface area contributed by atoms with Crippen LogP contribution in [0.3, 0.4) is 0 Å². The number of nitrogens with zero attached hydrogens (tertiary/aromatic N) is 1. The van der Waals surface area contributed by atoms with E-state index < -0.39 is 17.6 Å². The van der Waals surface area contributed by atoms with Gasteiger partial charge in [0.1, 0.15) is 5.82 Å². The molecule has 1 amide bonds. The molecule has 1 heterocycles. The van der Waals surface area contributed by atoms with Gasteiger partial charge in [0.25, 0.3) is 5.91 Å². The Morgan fingerprint density at radius 3 is 2.31 bits per heavy atom. The van der Waals surface area contributed by atoms with E-state index in [1.807, 2.05) is 24.3 Å². The monoisotopic (exact) mass is 399 g/mol. The van der Waals surface area contributed by atoms with Crippen molar-refractivity contribution in [3.05, 3.63) is 77.4 Å². The Kier molecular flexibility index (Phi) is 5.59. The average molecular weight is 399 g/mol. The third kappa shape index (κ3) is 4.74. The molecular formula is C22H20F3N3O. The largest absolute Gasteiger partial charge is 0.416 e. The Bertz CT molecular complexity index is 1030. The van der Waals surface area contributed by atoms with Crippen LogP contribution in [0.2, 0.25) is 0 Å². The third-order valence-corrected chi connectivity index (χ3v) is 4.49. The summed E-state index contributed by atoms with van der Waals surface area (Å²) in [6.07, 6.45) is -4.47. The van der Waals surface area contributed by atoms with Crippen LogP contribution in [0, 0.1) is 0 Å². The van der Waals surface area contributed by atoms with Gasteiger partial charge in [-0.15, -0.1) is 0 Å². The molecule has 7 heteroatoms. The molecule has 0 aliphatic heterocycles. The summed E-state index contributed by atoms with van der Waals surface area (Å²) in [5, 5.41) is 2.79. The molecule has 4 nitrogen and oxygen atoms in total. The standard InChI is InChI=1S/C22H20F3N3O/c1-13(2)14-6-8-15(9-7-14)19-11-10-18(20(26)29)21(28-19)27-17-5-3-4-16(12-17)22(23,24)25/h3-13H,1-2H3,(H2,26,29)(H,27,28). The Balaban J connectivity index is 1.99. The number of anilines is 2. The molecule has 3 rings (SSSR count). The molecule has 0 saturated heterocycles. The first-order chi connectivity index (χ1) is 13.6. The number of amides is 1. The molecule has 0 fully saturated rings. The Morgan fingerprint density at radius 1 is 1.03 bits per heavy atom. The molecule has 0 unspecified atom stereocenters. The highest BCUT2D eigenvalue weighted by molar-refractivity contribution is 5.98. The van der Waals surface area contributed by atoms with Gasteiger partial charge in [0, 0.05) is 11.3 Å². The number of hydrogen-bond acceptors (Lipinski definition) is 3. The molecule has 0 bridgehead atoms. The van der Waals surface area contributed by atoms with E-state index in [1.54, 1.807) is 6.07 Å². The van der Waals surface area contributed by atoms with E-state index >= 15 is 0 Å². The van der Waals surface area contributed by atoms with Gasteiger partial charge in [0.05, 0.1) is 16.8 Å². The maximum atomic E-state index is 13.0. The predicted molar refractivity (Wildman–Crippen MR) is 107 cm³/mol. The highest BCUT2D eigenvalue weighted by Gasteiger charge is 2.30. The van der Waals surface area contributed by atoms with E-state index in [9.17, 15) is 18.0 Å². The van der Waals surface area contributed by atoms with Crippen LogP contribution in [0.1, 0.15) is 41.3 Å². The molecule has 2 aromatic carbocycles. The number of rotatable bonds is 5. The minimum absolute atomic E-state index is 0.0879. The number of benzene rings is 2. The number of primary amides is 1. The van der Waals surface area contributed by atoms with Gasteiger partial charge in [-0.3, -0.25) is 4.79 Å². The number of carbonyl (C=O) groups excluding carboxylic acids is 1. The van der Waals surface area contributed by atoms with E-state index in [0.717, 1.165) is 17.7 Å². The SMILES string of the molecule is CC(C)c1ccc(-c2ccc(C(N)=O)c(Nc3cccc(C(F)(F)F)c3)n2)cc1. The summed E-state index contributed by atoms with van der Waals surface area (Å²) in [5.41, 5.74) is 7.41. The van der Waals surface area contributed by atoms with Crippen molar-refractivity contribution in [2.75, 3.05) is 5.32 Å². The maximum Gasteiger partial charge on any atom is 0.416 e. The summed E-state index contributed by atoms with van der Waals surface area (Å²) >= 11 is 0. The molecule has 1 aromatic heterocycles. The Labute approximate surface area is 166 Å². The van der Waals surface area contributed by atoms with Crippen molar-refractivity contribution in [1.29, 1.82) is 0 Å². The van der Waals surface area contributed by atoms with Crippen molar-refractivity contribution in [3.8, 4) is 11.3 Å². The van der Waals surface area contributed by atoms with Crippen LogP contribution in [0.25, 0.3) is 11.3 Å². The summed E-state index contributed by atoms with van der Waals surface area (Å²) in [4.78, 5) is 16.2. The topological polar surface area (TPSA) is 68.0 Å². The van der Waals surface area contributed by atoms with Crippen LogP contribution >= 0.6 is 0 Å². The minimum atomic E-state index is -4.47. The van der Waals surface area contributed by atoms with E-state index in [1.165, 1.54) is 23.8 Å². The van der Waals surface area contributed by atoms with Gasteiger partial charge >= 0.3 is 6.18 Å². The number of alkyl halides is 3. The molecule has 0 saturated carbocycles. The Hall–Kier alpha value is -3.35. The molecule has 0 atom stereocenters. The van der Waals surface area contributed by atoms with E-state index in [2.05, 4.69) is 24.1 Å². The summed E-state index contributed by atoms with van der Waals surface area (Å²) in [6, 6.07) is 15.6. The van der Waals surface area contributed by atoms with Gasteiger partial charge in [0.2, 0.25) is 0 Å². The van der Waals surface area contributed by atoms with Crippen LogP contribution in [0.15, 0.2) is 60.7 Å². The van der Waals surface area contributed by atoms with Crippen molar-refractivity contribution >= 4 is 17.4 Å². The number of carbonyl (C=O) groups is 1. The van der Waals surface area contributed by atoms with Gasteiger partial charge in [-0.1, -0.05) is 44.2 Å². The lowest BCUT2D eigenvalue weighted by Gasteiger charge is -2.13. The molecule has 150 valence electrons. The zero-order valence-electron chi connectivity index (χ0n) is 15.9. The highest BCUT2D eigenvalue weighted by Crippen LogP contribution is 2.32. The second-order valence-electron chi connectivity index (χ2n) is 6.94. The number of aromatic nitrogens is 1. The van der Waals surface area contributed by atoms with Crippen molar-refractivity contribution in [2.24, 2.45) is 5.73 Å². The maximum absolute atomic E-state index is 13.0. The summed E-state index contributed by atoms with van der Waals surface area (Å²) < 4.78 is 38.9. The number of pyridine rings is 1. The van der Waals surface area contributed by atoms with Crippen LogP contribution in [0.4, 0.5) is 24.7 Å². The van der Waals surface area contributed by atoms with Gasteiger partial charge in [0.15, 0.2) is 0 Å². The van der Waals surface area contributed by atoms with Crippen molar-refractivity contribution < 1.29 is 18.0 Å². The first-order valence-electron chi connectivity index (χ1n) is 9.00. The fraction of sp³-hybridized carbons (Fsp3) is 0.182. The summed E-state index contributed by atoms with van der Waals surface area (Å²) in [7, 11) is 0. The average Bonchev–Trinajstić information content (AvgIpc) is 2.67. The zero-order valence-corrected chi connectivity index (χ0v) is 15.9. The molecule has 3 N–H and O–H groups in total. The molecule has 0 aliphatic rings. The molecule has 29 heavy (non-hydrogen) atoms. The van der Waals surface area contributed by atoms with Crippen LogP contribution in [-0.4, -0.2) is 10.9 Å². The quantitative estimate of drug-likeness (QED) is 0.575. The number of nitrogens with one attached hydrogen (secondary N) is 1. The Morgan fingerprint density at radius 2 is 1.72 bits per heavy atom. The lowest BCUT2D eigenvalue weighted by molar-refractivity contribution is -0.137. The molecule has 0 spiro atoms. The summed E-state index contributed by atoms with van der Waals surface area (Å²) in [5.74, 6) is -0.247. The van der Waals surface area contributed by atoms with Gasteiger partial charge in [-0.25, -0.2) is 4.98 Å². The number of halogens is 3. The predicted octanol–water partition coefficient (Wildman–Crippen LogP) is 5.73. The lowest BCUT2D eigenvalue weighted by Crippen LogP contribution is -2.14. The van der Waals surface area contributed by atoms with E-state index in [4.69, 9.17) is 5.73 Å². The normalized spacial score (nSPS) is 11.5. The minimum Gasteiger partial charge on any atom is -0.365 e. The van der Waals surface area contributed by atoms with Crippen LogP contribution < -0.4 is 11.1 Å². The second-order valence-corrected chi connectivity index (χ2v) is 6.94. The number of hydrogen-bond donors (Lipinski definition) is 2. The zero-order chi connectivity index (χ0) is 21.2. The summed E-state index contributed by atoms with van der Waals surface area (Å²) in [6.45, 7) is 4.18. The van der Waals surface area contributed by atoms with Gasteiger partial charge in [-0.05, 0) is 41.8 Å². The molecule has 0 aliphatic carbocycles. The third-order valence-electron chi connectivity index (χ3n) is 4.49. The second kappa shape index (κ2) is 7.95. The molecular weight excluding hydrogens is 379 g/mol. The van der Waals surface area contributed by atoms with Crippen molar-refractivity contribution in [1.82, 2.24) is 4.98 Å². The van der Waals surface area contributed by atoms with Gasteiger partial charge in [-0.2, -0.15) is 13.2 Å². The molecule has 3 aromatic rings. The fourth-order valence-electron chi connectivity index (χ4n) is 2.86. The fourth-order valence-corrected chi connectivity index (χ4v) is 2.86. The van der Waals surface area contributed by atoms with Crippen LogP contribution in [-0.2, 0) is 6.18 Å². The van der Waals surface area contributed by atoms with Crippen LogP contribution in [0.5, 0.6) is 0 Å². The first-order valence-corrected chi connectivity index (χ1v) is 9.00. The number of nitrogens with two attached hydrogens (primary N) is 1. The van der Waals surface area contributed by atoms with Crippen molar-refractivity contribution in [3.63, 3.8) is 0 Å². The first kappa shape index (κ1) is 20.4. The smallest absolute Gasteiger partial charge is 0.365 e. The lowest BCUT2D eigenvalue weighted by atomic mass is 10.0. The molecule has 0 radical (unpaired) electrons. The van der Waals surface area contributed by atoms with Crippen molar-refractivity contribution in [2.45, 2.75) is 25.9 Å². The van der Waals surface area contributed by atoms with E-state index in [0.29, 0.717) is 11.6 Å².